The minimum absolute atomic E-state index is 0.0127. The zero-order valence-corrected chi connectivity index (χ0v) is 19.0. The Morgan fingerprint density at radius 2 is 1.71 bits per heavy atom. The predicted molar refractivity (Wildman–Crippen MR) is 115 cm³/mol. The number of ether oxygens (including phenoxy) is 2. The molecule has 0 radical (unpaired) electrons. The van der Waals surface area contributed by atoms with E-state index in [9.17, 15) is 23.9 Å². The highest BCUT2D eigenvalue weighted by Gasteiger charge is 2.42. The Morgan fingerprint density at radius 1 is 1.13 bits per heavy atom. The Hall–Kier alpha value is -3.01. The number of esters is 2. The third-order valence-electron chi connectivity index (χ3n) is 4.89. The molecule has 1 aliphatic heterocycles. The largest absolute Gasteiger partial charge is 0.463 e. The number of carbonyl (C=O) groups excluding carboxylic acids is 2. The molecule has 0 amide bonds. The summed E-state index contributed by atoms with van der Waals surface area (Å²) in [6.07, 6.45) is 0. The van der Waals surface area contributed by atoms with Crippen LogP contribution in [0, 0.1) is 10.1 Å². The number of non-ortho nitro benzene ring substituents is 1. The standard InChI is InChI=1S/C21H26N2O7S/c1-6-29-20(24)16-13(4)22(5)19(31(28)8-3)18(21(25)30-7-2)17(16)14-10-9-11-15(12-14)23(26)27/h9-12,17H,6-8H2,1-5H3. The van der Waals surface area contributed by atoms with E-state index in [0.29, 0.717) is 11.3 Å². The Morgan fingerprint density at radius 3 is 2.23 bits per heavy atom. The van der Waals surface area contributed by atoms with Crippen LogP contribution in [-0.4, -0.2) is 52.0 Å². The van der Waals surface area contributed by atoms with Crippen molar-refractivity contribution in [3.63, 3.8) is 0 Å². The van der Waals surface area contributed by atoms with E-state index >= 15 is 0 Å². The van der Waals surface area contributed by atoms with E-state index in [0.717, 1.165) is 0 Å². The predicted octanol–water partition coefficient (Wildman–Crippen LogP) is 3.00. The number of hydrogen-bond donors (Lipinski definition) is 0. The van der Waals surface area contributed by atoms with Gasteiger partial charge in [0.25, 0.3) is 5.69 Å². The van der Waals surface area contributed by atoms with E-state index in [4.69, 9.17) is 9.47 Å². The third-order valence-corrected chi connectivity index (χ3v) is 6.34. The Labute approximate surface area is 183 Å². The van der Waals surface area contributed by atoms with Gasteiger partial charge in [0, 0.05) is 30.6 Å². The maximum atomic E-state index is 13.1. The molecule has 2 atom stereocenters. The Balaban J connectivity index is 2.90. The molecule has 0 saturated heterocycles. The fourth-order valence-corrected chi connectivity index (χ4v) is 4.60. The average Bonchev–Trinajstić information content (AvgIpc) is 2.74. The van der Waals surface area contributed by atoms with Crippen LogP contribution in [-0.2, 0) is 29.9 Å². The van der Waals surface area contributed by atoms with Crippen molar-refractivity contribution < 1.29 is 28.2 Å². The fraction of sp³-hybridized carbons (Fsp3) is 0.429. The smallest absolute Gasteiger partial charge is 0.337 e. The van der Waals surface area contributed by atoms with Gasteiger partial charge in [0.2, 0.25) is 0 Å². The molecule has 168 valence electrons. The summed E-state index contributed by atoms with van der Waals surface area (Å²) in [7, 11) is 0.0371. The molecule has 0 saturated carbocycles. The molecule has 2 rings (SSSR count). The molecule has 0 aromatic heterocycles. The highest BCUT2D eigenvalue weighted by Crippen LogP contribution is 2.44. The molecule has 2 unspecified atom stereocenters. The summed E-state index contributed by atoms with van der Waals surface area (Å²) in [5, 5.41) is 11.6. The van der Waals surface area contributed by atoms with Crippen LogP contribution >= 0.6 is 0 Å². The zero-order valence-electron chi connectivity index (χ0n) is 18.2. The second-order valence-corrected chi connectivity index (χ2v) is 8.29. The first-order valence-electron chi connectivity index (χ1n) is 9.85. The lowest BCUT2D eigenvalue weighted by Crippen LogP contribution is -2.36. The molecular formula is C21H26N2O7S. The molecule has 0 fully saturated rings. The second-order valence-electron chi connectivity index (χ2n) is 6.64. The molecule has 31 heavy (non-hydrogen) atoms. The lowest BCUT2D eigenvalue weighted by molar-refractivity contribution is -0.384. The monoisotopic (exact) mass is 450 g/mol. The van der Waals surface area contributed by atoms with Crippen molar-refractivity contribution >= 4 is 28.4 Å². The number of nitro benzene ring substituents is 1. The average molecular weight is 451 g/mol. The Bertz CT molecular complexity index is 984. The van der Waals surface area contributed by atoms with Crippen molar-refractivity contribution in [1.82, 2.24) is 4.90 Å². The summed E-state index contributed by atoms with van der Waals surface area (Å²) >= 11 is 0. The number of benzene rings is 1. The second kappa shape index (κ2) is 10.3. The molecule has 10 heteroatoms. The number of carbonyl (C=O) groups is 2. The first-order valence-corrected chi connectivity index (χ1v) is 11.2. The van der Waals surface area contributed by atoms with Crippen molar-refractivity contribution in [2.24, 2.45) is 0 Å². The molecule has 0 N–H and O–H groups in total. The lowest BCUT2D eigenvalue weighted by atomic mass is 9.81. The highest BCUT2D eigenvalue weighted by atomic mass is 32.2. The number of hydrogen-bond acceptors (Lipinski definition) is 8. The SMILES string of the molecule is CCOC(=O)C1=C(C)N(C)C(S(=O)CC)=C(C(=O)OCC)C1c1cccc([N+](=O)[O-])c1. The molecule has 9 nitrogen and oxygen atoms in total. The van der Waals surface area contributed by atoms with Crippen LogP contribution in [0.15, 0.2) is 46.1 Å². The summed E-state index contributed by atoms with van der Waals surface area (Å²) in [6.45, 7) is 6.83. The Kier molecular flexibility index (Phi) is 8.09. The van der Waals surface area contributed by atoms with Crippen LogP contribution in [0.3, 0.4) is 0 Å². The summed E-state index contributed by atoms with van der Waals surface area (Å²) < 4.78 is 23.4. The quantitative estimate of drug-likeness (QED) is 0.337. The highest BCUT2D eigenvalue weighted by molar-refractivity contribution is 7.88. The topological polar surface area (TPSA) is 116 Å². The zero-order chi connectivity index (χ0) is 23.3. The number of allylic oxidation sites excluding steroid dienone is 1. The third kappa shape index (κ3) is 4.84. The lowest BCUT2D eigenvalue weighted by Gasteiger charge is -2.36. The summed E-state index contributed by atoms with van der Waals surface area (Å²) in [5.74, 6) is -2.20. The minimum Gasteiger partial charge on any atom is -0.463 e. The minimum atomic E-state index is -1.57. The van der Waals surface area contributed by atoms with E-state index in [1.165, 1.54) is 23.1 Å². The summed E-state index contributed by atoms with van der Waals surface area (Å²) in [6, 6.07) is 5.68. The van der Waals surface area contributed by atoms with Gasteiger partial charge in [-0.25, -0.2) is 9.59 Å². The van der Waals surface area contributed by atoms with Gasteiger partial charge in [-0.15, -0.1) is 0 Å². The van der Waals surface area contributed by atoms with Gasteiger partial charge in [-0.3, -0.25) is 14.3 Å². The number of nitro groups is 1. The molecular weight excluding hydrogens is 424 g/mol. The molecule has 1 aromatic carbocycles. The molecule has 1 heterocycles. The number of nitrogens with zero attached hydrogens (tertiary/aromatic N) is 2. The maximum Gasteiger partial charge on any atom is 0.337 e. The van der Waals surface area contributed by atoms with E-state index in [1.807, 2.05) is 0 Å². The van der Waals surface area contributed by atoms with Gasteiger partial charge >= 0.3 is 11.9 Å². The summed E-state index contributed by atoms with van der Waals surface area (Å²) in [4.78, 5) is 38.3. The molecule has 1 aromatic rings. The van der Waals surface area contributed by atoms with Crippen molar-refractivity contribution in [2.45, 2.75) is 33.6 Å². The van der Waals surface area contributed by atoms with Gasteiger partial charge in [0.1, 0.15) is 5.03 Å². The van der Waals surface area contributed by atoms with E-state index < -0.39 is 33.6 Å². The first-order chi connectivity index (χ1) is 14.7. The molecule has 0 aliphatic carbocycles. The first kappa shape index (κ1) is 24.3. The van der Waals surface area contributed by atoms with Crippen molar-refractivity contribution in [3.8, 4) is 0 Å². The van der Waals surface area contributed by atoms with E-state index in [2.05, 4.69) is 0 Å². The van der Waals surface area contributed by atoms with E-state index in [-0.39, 0.29) is 40.8 Å². The molecule has 0 bridgehead atoms. The van der Waals surface area contributed by atoms with Crippen LogP contribution in [0.1, 0.15) is 39.2 Å². The van der Waals surface area contributed by atoms with Crippen LogP contribution in [0.2, 0.25) is 0 Å². The van der Waals surface area contributed by atoms with Gasteiger partial charge in [0.15, 0.2) is 0 Å². The number of rotatable bonds is 8. The van der Waals surface area contributed by atoms with Crippen LogP contribution in [0.25, 0.3) is 0 Å². The van der Waals surface area contributed by atoms with Gasteiger partial charge in [0.05, 0.1) is 46.0 Å². The van der Waals surface area contributed by atoms with Gasteiger partial charge in [-0.2, -0.15) is 0 Å². The maximum absolute atomic E-state index is 13.1. The van der Waals surface area contributed by atoms with Crippen LogP contribution in [0.4, 0.5) is 5.69 Å². The van der Waals surface area contributed by atoms with Gasteiger partial charge in [-0.1, -0.05) is 19.1 Å². The van der Waals surface area contributed by atoms with Crippen molar-refractivity contribution in [2.75, 3.05) is 26.0 Å². The van der Waals surface area contributed by atoms with Crippen LogP contribution < -0.4 is 0 Å². The van der Waals surface area contributed by atoms with Crippen LogP contribution in [0.5, 0.6) is 0 Å². The van der Waals surface area contributed by atoms with Gasteiger partial charge < -0.3 is 14.4 Å². The van der Waals surface area contributed by atoms with Gasteiger partial charge in [-0.05, 0) is 26.3 Å². The summed E-state index contributed by atoms with van der Waals surface area (Å²) in [5.41, 5.74) is 0.736. The fourth-order valence-electron chi connectivity index (χ4n) is 3.44. The van der Waals surface area contributed by atoms with E-state index in [1.54, 1.807) is 40.8 Å². The van der Waals surface area contributed by atoms with Crippen molar-refractivity contribution in [3.05, 3.63) is 61.8 Å². The normalized spacial score (nSPS) is 17.5. The molecule has 1 aliphatic rings. The molecule has 0 spiro atoms. The van der Waals surface area contributed by atoms with Crippen molar-refractivity contribution in [1.29, 1.82) is 0 Å².